The van der Waals surface area contributed by atoms with E-state index in [0.29, 0.717) is 0 Å². The molecule has 96 valence electrons. The number of aryl methyl sites for hydroxylation is 1. The predicted molar refractivity (Wildman–Crippen MR) is 76.3 cm³/mol. The van der Waals surface area contributed by atoms with Crippen molar-refractivity contribution in [2.24, 2.45) is 11.8 Å². The second-order valence-corrected chi connectivity index (χ2v) is 5.19. The molecule has 0 amide bonds. The van der Waals surface area contributed by atoms with Crippen molar-refractivity contribution in [1.29, 1.82) is 0 Å². The Bertz CT molecular complexity index is 279. The van der Waals surface area contributed by atoms with Crippen LogP contribution in [0.25, 0.3) is 0 Å². The topological polar surface area (TPSA) is 12.0 Å². The Balaban J connectivity index is 2.27. The van der Waals surface area contributed by atoms with Crippen molar-refractivity contribution in [2.45, 2.75) is 40.0 Å². The van der Waals surface area contributed by atoms with Crippen molar-refractivity contribution in [2.75, 3.05) is 13.1 Å². The Morgan fingerprint density at radius 2 is 1.82 bits per heavy atom. The van der Waals surface area contributed by atoms with Gasteiger partial charge in [0.2, 0.25) is 0 Å². The van der Waals surface area contributed by atoms with Gasteiger partial charge in [-0.3, -0.25) is 0 Å². The maximum atomic E-state index is 3.48. The third-order valence-electron chi connectivity index (χ3n) is 3.48. The molecule has 17 heavy (non-hydrogen) atoms. The van der Waals surface area contributed by atoms with Crippen LogP contribution in [0.4, 0.5) is 0 Å². The highest BCUT2D eigenvalue weighted by atomic mass is 14.8. The van der Waals surface area contributed by atoms with Crippen LogP contribution in [0, 0.1) is 11.8 Å². The van der Waals surface area contributed by atoms with Crippen LogP contribution in [-0.4, -0.2) is 13.1 Å². The quantitative estimate of drug-likeness (QED) is 0.718. The fraction of sp³-hybridized carbons (Fsp3) is 0.625. The molecule has 0 heterocycles. The summed E-state index contributed by atoms with van der Waals surface area (Å²) >= 11 is 0. The van der Waals surface area contributed by atoms with Gasteiger partial charge in [-0.15, -0.1) is 0 Å². The van der Waals surface area contributed by atoms with Gasteiger partial charge < -0.3 is 5.32 Å². The molecule has 1 aromatic carbocycles. The highest BCUT2D eigenvalue weighted by molar-refractivity contribution is 5.14. The Kier molecular flexibility index (Phi) is 6.95. The average molecular weight is 233 g/mol. The fourth-order valence-electron chi connectivity index (χ4n) is 2.21. The molecule has 0 radical (unpaired) electrons. The highest BCUT2D eigenvalue weighted by Gasteiger charge is 2.12. The van der Waals surface area contributed by atoms with E-state index in [-0.39, 0.29) is 0 Å². The third-order valence-corrected chi connectivity index (χ3v) is 3.48. The van der Waals surface area contributed by atoms with E-state index in [1.54, 1.807) is 0 Å². The first-order chi connectivity index (χ1) is 8.24. The van der Waals surface area contributed by atoms with E-state index in [1.165, 1.54) is 31.4 Å². The Morgan fingerprint density at radius 3 is 2.41 bits per heavy atom. The molecule has 1 rings (SSSR count). The van der Waals surface area contributed by atoms with E-state index in [9.17, 15) is 0 Å². The van der Waals surface area contributed by atoms with Crippen LogP contribution in [-0.2, 0) is 6.42 Å². The molecule has 1 atom stereocenters. The average Bonchev–Trinajstić information content (AvgIpc) is 2.34. The molecule has 0 bridgehead atoms. The zero-order valence-electron chi connectivity index (χ0n) is 11.6. The van der Waals surface area contributed by atoms with Gasteiger partial charge in [-0.05, 0) is 49.8 Å². The lowest BCUT2D eigenvalue weighted by molar-refractivity contribution is 0.336. The molecular formula is C16H27N. The van der Waals surface area contributed by atoms with Crippen molar-refractivity contribution in [3.05, 3.63) is 35.9 Å². The largest absolute Gasteiger partial charge is 0.317 e. The molecule has 1 aromatic rings. The maximum Gasteiger partial charge on any atom is -0.00182 e. The summed E-state index contributed by atoms with van der Waals surface area (Å²) in [6, 6.07) is 10.8. The lowest BCUT2D eigenvalue weighted by atomic mass is 9.90. The van der Waals surface area contributed by atoms with Gasteiger partial charge >= 0.3 is 0 Å². The summed E-state index contributed by atoms with van der Waals surface area (Å²) in [6.07, 6.45) is 3.86. The van der Waals surface area contributed by atoms with Crippen LogP contribution in [0.15, 0.2) is 30.3 Å². The second kappa shape index (κ2) is 8.30. The smallest absolute Gasteiger partial charge is 0.00182 e. The van der Waals surface area contributed by atoms with E-state index in [4.69, 9.17) is 0 Å². The second-order valence-electron chi connectivity index (χ2n) is 5.19. The van der Waals surface area contributed by atoms with Gasteiger partial charge in [0.15, 0.2) is 0 Å². The van der Waals surface area contributed by atoms with E-state index in [2.05, 4.69) is 56.4 Å². The third kappa shape index (κ3) is 5.88. The van der Waals surface area contributed by atoms with Crippen LogP contribution in [0.3, 0.4) is 0 Å². The number of benzene rings is 1. The minimum atomic E-state index is 0.782. The summed E-state index contributed by atoms with van der Waals surface area (Å²) in [5, 5.41) is 3.48. The van der Waals surface area contributed by atoms with Gasteiger partial charge in [0.25, 0.3) is 0 Å². The molecular weight excluding hydrogens is 206 g/mol. The predicted octanol–water partition coefficient (Wildman–Crippen LogP) is 3.89. The summed E-state index contributed by atoms with van der Waals surface area (Å²) in [7, 11) is 0. The fourth-order valence-corrected chi connectivity index (χ4v) is 2.21. The summed E-state index contributed by atoms with van der Waals surface area (Å²) in [6.45, 7) is 9.11. The molecule has 0 saturated heterocycles. The standard InChI is InChI=1S/C16H27N/c1-4-17-13-16(14(2)3)12-8-11-15-9-6-5-7-10-15/h5-7,9-10,14,16-17H,4,8,11-13H2,1-3H3. The molecule has 1 N–H and O–H groups in total. The lowest BCUT2D eigenvalue weighted by Crippen LogP contribution is -2.26. The van der Waals surface area contributed by atoms with Gasteiger partial charge in [-0.25, -0.2) is 0 Å². The van der Waals surface area contributed by atoms with Crippen LogP contribution in [0.1, 0.15) is 39.2 Å². The van der Waals surface area contributed by atoms with Crippen LogP contribution >= 0.6 is 0 Å². The highest BCUT2D eigenvalue weighted by Crippen LogP contribution is 2.18. The molecule has 0 fully saturated rings. The molecule has 1 nitrogen and oxygen atoms in total. The van der Waals surface area contributed by atoms with Gasteiger partial charge in [0.1, 0.15) is 0 Å². The Hall–Kier alpha value is -0.820. The molecule has 1 unspecified atom stereocenters. The Morgan fingerprint density at radius 1 is 1.12 bits per heavy atom. The Labute approximate surface area is 107 Å². The molecule has 1 heteroatoms. The van der Waals surface area contributed by atoms with Crippen LogP contribution in [0.2, 0.25) is 0 Å². The lowest BCUT2D eigenvalue weighted by Gasteiger charge is -2.21. The first-order valence-corrected chi connectivity index (χ1v) is 6.98. The van der Waals surface area contributed by atoms with Crippen molar-refractivity contribution >= 4 is 0 Å². The number of hydrogen-bond donors (Lipinski definition) is 1. The summed E-state index contributed by atoms with van der Waals surface area (Å²) in [5.74, 6) is 1.60. The monoisotopic (exact) mass is 233 g/mol. The van der Waals surface area contributed by atoms with Crippen molar-refractivity contribution in [3.63, 3.8) is 0 Å². The van der Waals surface area contributed by atoms with E-state index in [1.807, 2.05) is 0 Å². The van der Waals surface area contributed by atoms with E-state index in [0.717, 1.165) is 18.4 Å². The minimum Gasteiger partial charge on any atom is -0.317 e. The molecule has 0 saturated carbocycles. The minimum absolute atomic E-state index is 0.782. The van der Waals surface area contributed by atoms with Crippen LogP contribution in [0.5, 0.6) is 0 Å². The summed E-state index contributed by atoms with van der Waals surface area (Å²) in [5.41, 5.74) is 1.47. The normalized spacial score (nSPS) is 12.9. The van der Waals surface area contributed by atoms with E-state index < -0.39 is 0 Å². The van der Waals surface area contributed by atoms with Gasteiger partial charge in [-0.2, -0.15) is 0 Å². The molecule has 0 aliphatic rings. The van der Waals surface area contributed by atoms with Crippen LogP contribution < -0.4 is 5.32 Å². The molecule has 0 aliphatic carbocycles. The van der Waals surface area contributed by atoms with Crippen molar-refractivity contribution < 1.29 is 0 Å². The molecule has 0 aliphatic heterocycles. The number of hydrogen-bond acceptors (Lipinski definition) is 1. The zero-order valence-corrected chi connectivity index (χ0v) is 11.6. The van der Waals surface area contributed by atoms with Gasteiger partial charge in [0.05, 0.1) is 0 Å². The SMILES string of the molecule is CCNCC(CCCc1ccccc1)C(C)C. The van der Waals surface area contributed by atoms with Gasteiger partial charge in [-0.1, -0.05) is 51.1 Å². The molecule has 0 aromatic heterocycles. The van der Waals surface area contributed by atoms with Gasteiger partial charge in [0, 0.05) is 0 Å². The maximum absolute atomic E-state index is 3.48. The zero-order chi connectivity index (χ0) is 12.5. The summed E-state index contributed by atoms with van der Waals surface area (Å²) in [4.78, 5) is 0. The first-order valence-electron chi connectivity index (χ1n) is 6.98. The van der Waals surface area contributed by atoms with Crippen molar-refractivity contribution in [3.8, 4) is 0 Å². The first kappa shape index (κ1) is 14.2. The van der Waals surface area contributed by atoms with Crippen molar-refractivity contribution in [1.82, 2.24) is 5.32 Å². The summed E-state index contributed by atoms with van der Waals surface area (Å²) < 4.78 is 0. The number of rotatable bonds is 8. The molecule has 0 spiro atoms. The number of nitrogens with one attached hydrogen (secondary N) is 1. The van der Waals surface area contributed by atoms with E-state index >= 15 is 0 Å².